The standard InChI is InChI=1S/C25H23ClN4O2/c1-29(2)10-5-11-30-14-19(17-12-15(26)8-9-21(17)30)23-22(24(31)28-25(23)32)18-13-27-20-7-4-3-6-16(18)20/h3-4,6-9,12-14,27H,5,10-11H2,1-2H3,(H,28,31,32). The predicted octanol–water partition coefficient (Wildman–Crippen LogP) is 4.29. The van der Waals surface area contributed by atoms with Gasteiger partial charge in [-0.2, -0.15) is 0 Å². The number of imide groups is 1. The van der Waals surface area contributed by atoms with Gasteiger partial charge in [-0.05, 0) is 51.3 Å². The number of fused-ring (bicyclic) bond motifs is 2. The highest BCUT2D eigenvalue weighted by Gasteiger charge is 2.35. The maximum atomic E-state index is 13.0. The quantitative estimate of drug-likeness (QED) is 0.434. The molecule has 0 aliphatic carbocycles. The van der Waals surface area contributed by atoms with Crippen molar-refractivity contribution in [3.05, 3.63) is 71.0 Å². The van der Waals surface area contributed by atoms with Crippen LogP contribution >= 0.6 is 11.6 Å². The first-order chi connectivity index (χ1) is 15.4. The molecule has 2 N–H and O–H groups in total. The molecule has 0 radical (unpaired) electrons. The van der Waals surface area contributed by atoms with Crippen LogP contribution in [0.4, 0.5) is 0 Å². The second-order valence-corrected chi connectivity index (χ2v) is 8.77. The van der Waals surface area contributed by atoms with Gasteiger partial charge in [-0.25, -0.2) is 0 Å². The van der Waals surface area contributed by atoms with Crippen LogP contribution in [0.1, 0.15) is 17.5 Å². The summed E-state index contributed by atoms with van der Waals surface area (Å²) >= 11 is 6.33. The van der Waals surface area contributed by atoms with E-state index in [-0.39, 0.29) is 11.8 Å². The van der Waals surface area contributed by atoms with Crippen molar-refractivity contribution in [2.45, 2.75) is 13.0 Å². The molecule has 6 nitrogen and oxygen atoms in total. The number of aryl methyl sites for hydroxylation is 1. The largest absolute Gasteiger partial charge is 0.361 e. The molecule has 0 atom stereocenters. The lowest BCUT2D eigenvalue weighted by molar-refractivity contribution is -0.122. The fourth-order valence-corrected chi connectivity index (χ4v) is 4.63. The fraction of sp³-hybridized carbons (Fsp3) is 0.200. The van der Waals surface area contributed by atoms with Gasteiger partial charge in [0.25, 0.3) is 11.8 Å². The Hall–Kier alpha value is -3.35. The van der Waals surface area contributed by atoms with Crippen LogP contribution in [0.15, 0.2) is 54.9 Å². The highest BCUT2D eigenvalue weighted by molar-refractivity contribution is 6.50. The van der Waals surface area contributed by atoms with Gasteiger partial charge in [0.1, 0.15) is 0 Å². The maximum Gasteiger partial charge on any atom is 0.259 e. The zero-order valence-corrected chi connectivity index (χ0v) is 18.7. The molecule has 2 amide bonds. The van der Waals surface area contributed by atoms with Crippen LogP contribution in [-0.4, -0.2) is 46.9 Å². The van der Waals surface area contributed by atoms with Crippen molar-refractivity contribution in [3.8, 4) is 0 Å². The van der Waals surface area contributed by atoms with E-state index in [4.69, 9.17) is 11.6 Å². The summed E-state index contributed by atoms with van der Waals surface area (Å²) in [5, 5.41) is 4.85. The second-order valence-electron chi connectivity index (χ2n) is 8.34. The molecule has 0 saturated heterocycles. The van der Waals surface area contributed by atoms with Crippen LogP contribution in [0.2, 0.25) is 5.02 Å². The van der Waals surface area contributed by atoms with E-state index in [0.717, 1.165) is 52.4 Å². The normalized spacial score (nSPS) is 14.4. The number of aromatic nitrogens is 2. The first kappa shape index (κ1) is 20.5. The summed E-state index contributed by atoms with van der Waals surface area (Å²) in [6.07, 6.45) is 4.72. The van der Waals surface area contributed by atoms with Crippen LogP contribution in [0, 0.1) is 0 Å². The number of para-hydroxylation sites is 1. The zero-order chi connectivity index (χ0) is 22.4. The Morgan fingerprint density at radius 2 is 1.72 bits per heavy atom. The second kappa shape index (κ2) is 7.97. The molecule has 1 aliphatic rings. The van der Waals surface area contributed by atoms with E-state index in [0.29, 0.717) is 16.2 Å². The van der Waals surface area contributed by atoms with E-state index in [1.807, 2.05) is 62.8 Å². The highest BCUT2D eigenvalue weighted by atomic mass is 35.5. The van der Waals surface area contributed by atoms with Crippen molar-refractivity contribution in [2.24, 2.45) is 0 Å². The summed E-state index contributed by atoms with van der Waals surface area (Å²) in [5.41, 5.74) is 4.11. The van der Waals surface area contributed by atoms with Gasteiger partial charge in [-0.1, -0.05) is 29.8 Å². The van der Waals surface area contributed by atoms with Crippen molar-refractivity contribution in [2.75, 3.05) is 20.6 Å². The van der Waals surface area contributed by atoms with E-state index < -0.39 is 0 Å². The Balaban J connectivity index is 1.72. The number of hydrogen-bond donors (Lipinski definition) is 2. The Morgan fingerprint density at radius 3 is 2.50 bits per heavy atom. The van der Waals surface area contributed by atoms with E-state index in [2.05, 4.69) is 19.8 Å². The molecule has 2 aromatic carbocycles. The Bertz CT molecular complexity index is 1410. The summed E-state index contributed by atoms with van der Waals surface area (Å²) in [4.78, 5) is 31.3. The SMILES string of the molecule is CN(C)CCCn1cc(C2=C(c3c[nH]c4ccccc34)C(=O)NC2=O)c2cc(Cl)ccc21. The number of amides is 2. The van der Waals surface area contributed by atoms with Crippen molar-refractivity contribution in [1.82, 2.24) is 19.8 Å². The number of hydrogen-bond acceptors (Lipinski definition) is 3. The monoisotopic (exact) mass is 446 g/mol. The summed E-state index contributed by atoms with van der Waals surface area (Å²) in [6, 6.07) is 13.4. The lowest BCUT2D eigenvalue weighted by atomic mass is 9.95. The molecular weight excluding hydrogens is 424 g/mol. The topological polar surface area (TPSA) is 70.1 Å². The Kier molecular flexibility index (Phi) is 5.12. The lowest BCUT2D eigenvalue weighted by Crippen LogP contribution is -2.22. The summed E-state index contributed by atoms with van der Waals surface area (Å²) < 4.78 is 2.14. The van der Waals surface area contributed by atoms with E-state index in [1.54, 1.807) is 6.20 Å². The number of H-pyrrole nitrogens is 1. The van der Waals surface area contributed by atoms with Gasteiger partial charge in [0.2, 0.25) is 0 Å². The number of aromatic amines is 1. The molecule has 1 aliphatic heterocycles. The molecule has 7 heteroatoms. The van der Waals surface area contributed by atoms with Crippen molar-refractivity contribution >= 4 is 56.4 Å². The Labute approximate surface area is 190 Å². The smallest absolute Gasteiger partial charge is 0.259 e. The molecular formula is C25H23ClN4O2. The molecule has 2 aromatic heterocycles. The maximum absolute atomic E-state index is 13.0. The van der Waals surface area contributed by atoms with Crippen molar-refractivity contribution < 1.29 is 9.59 Å². The number of nitrogens with one attached hydrogen (secondary N) is 2. The van der Waals surface area contributed by atoms with Gasteiger partial charge in [0.05, 0.1) is 11.1 Å². The molecule has 4 aromatic rings. The van der Waals surface area contributed by atoms with Gasteiger partial charge in [-0.15, -0.1) is 0 Å². The van der Waals surface area contributed by atoms with E-state index >= 15 is 0 Å². The van der Waals surface area contributed by atoms with Crippen LogP contribution in [0.25, 0.3) is 33.0 Å². The van der Waals surface area contributed by atoms with Gasteiger partial charge >= 0.3 is 0 Å². The summed E-state index contributed by atoms with van der Waals surface area (Å²) in [6.45, 7) is 1.74. The first-order valence-corrected chi connectivity index (χ1v) is 10.9. The van der Waals surface area contributed by atoms with E-state index in [9.17, 15) is 9.59 Å². The molecule has 0 unspecified atom stereocenters. The summed E-state index contributed by atoms with van der Waals surface area (Å²) in [7, 11) is 4.09. The molecule has 0 saturated carbocycles. The molecule has 0 bridgehead atoms. The molecule has 0 spiro atoms. The van der Waals surface area contributed by atoms with Gasteiger partial charge in [-0.3, -0.25) is 14.9 Å². The van der Waals surface area contributed by atoms with Gasteiger partial charge in [0.15, 0.2) is 0 Å². The number of nitrogens with zero attached hydrogens (tertiary/aromatic N) is 2. The minimum absolute atomic E-state index is 0.384. The zero-order valence-electron chi connectivity index (χ0n) is 17.9. The van der Waals surface area contributed by atoms with Crippen LogP contribution < -0.4 is 5.32 Å². The third kappa shape index (κ3) is 3.42. The predicted molar refractivity (Wildman–Crippen MR) is 128 cm³/mol. The third-order valence-corrected chi connectivity index (χ3v) is 6.14. The third-order valence-electron chi connectivity index (χ3n) is 5.91. The number of carbonyl (C=O) groups excluding carboxylic acids is 2. The molecule has 162 valence electrons. The molecule has 3 heterocycles. The van der Waals surface area contributed by atoms with Crippen molar-refractivity contribution in [1.29, 1.82) is 0 Å². The Morgan fingerprint density at radius 1 is 0.969 bits per heavy atom. The average Bonchev–Trinajstić information content (AvgIpc) is 3.40. The fourth-order valence-electron chi connectivity index (χ4n) is 4.46. The molecule has 0 fully saturated rings. The summed E-state index contributed by atoms with van der Waals surface area (Å²) in [5.74, 6) is -0.770. The number of rotatable bonds is 6. The minimum Gasteiger partial charge on any atom is -0.361 e. The molecule has 32 heavy (non-hydrogen) atoms. The number of carbonyl (C=O) groups is 2. The van der Waals surface area contributed by atoms with Crippen LogP contribution in [-0.2, 0) is 16.1 Å². The average molecular weight is 447 g/mol. The van der Waals surface area contributed by atoms with Crippen LogP contribution in [0.5, 0.6) is 0 Å². The number of halogens is 1. The van der Waals surface area contributed by atoms with Crippen LogP contribution in [0.3, 0.4) is 0 Å². The molecule has 5 rings (SSSR count). The lowest BCUT2D eigenvalue weighted by Gasteiger charge is -2.10. The van der Waals surface area contributed by atoms with Crippen molar-refractivity contribution in [3.63, 3.8) is 0 Å². The first-order valence-electron chi connectivity index (χ1n) is 10.5. The van der Waals surface area contributed by atoms with Gasteiger partial charge < -0.3 is 14.5 Å². The number of benzene rings is 2. The van der Waals surface area contributed by atoms with Gasteiger partial charge in [0, 0.05) is 56.9 Å². The minimum atomic E-state index is -0.386. The van der Waals surface area contributed by atoms with E-state index in [1.165, 1.54) is 0 Å². The highest BCUT2D eigenvalue weighted by Crippen LogP contribution is 2.38.